The van der Waals surface area contributed by atoms with E-state index in [4.69, 9.17) is 16.7 Å². The maximum atomic E-state index is 13.5. The minimum Gasteiger partial charge on any atom is -0.351 e. The molecule has 118 valence electrons. The SMILES string of the molecule is CS(=O)CCNC(=O)c1cc(F)c(F)c(S(N)(=O)=O)c1Cl. The zero-order valence-electron chi connectivity index (χ0n) is 10.7. The summed E-state index contributed by atoms with van der Waals surface area (Å²) < 4.78 is 60.1. The molecule has 0 spiro atoms. The van der Waals surface area contributed by atoms with Crippen molar-refractivity contribution in [3.05, 3.63) is 28.3 Å². The molecule has 1 aromatic rings. The monoisotopic (exact) mass is 360 g/mol. The number of nitrogens with two attached hydrogens (primary N) is 1. The van der Waals surface area contributed by atoms with E-state index in [1.807, 2.05) is 0 Å². The van der Waals surface area contributed by atoms with Gasteiger partial charge < -0.3 is 5.32 Å². The van der Waals surface area contributed by atoms with Crippen LogP contribution in [0, 0.1) is 11.6 Å². The van der Waals surface area contributed by atoms with Crippen molar-refractivity contribution < 1.29 is 26.2 Å². The van der Waals surface area contributed by atoms with Gasteiger partial charge >= 0.3 is 0 Å². The average molecular weight is 361 g/mol. The van der Waals surface area contributed by atoms with Crippen LogP contribution in [-0.4, -0.2) is 37.1 Å². The lowest BCUT2D eigenvalue weighted by Gasteiger charge is -2.10. The van der Waals surface area contributed by atoms with Crippen LogP contribution in [0.25, 0.3) is 0 Å². The molecule has 1 amide bonds. The summed E-state index contributed by atoms with van der Waals surface area (Å²) in [4.78, 5) is 10.5. The highest BCUT2D eigenvalue weighted by molar-refractivity contribution is 7.89. The molecule has 1 unspecified atom stereocenters. The van der Waals surface area contributed by atoms with Gasteiger partial charge in [0, 0.05) is 29.4 Å². The van der Waals surface area contributed by atoms with Gasteiger partial charge in [-0.25, -0.2) is 22.3 Å². The number of primary sulfonamides is 1. The maximum Gasteiger partial charge on any atom is 0.252 e. The van der Waals surface area contributed by atoms with E-state index in [9.17, 15) is 26.2 Å². The molecular weight excluding hydrogens is 350 g/mol. The molecule has 0 saturated heterocycles. The predicted molar refractivity (Wildman–Crippen MR) is 74.0 cm³/mol. The van der Waals surface area contributed by atoms with Crippen LogP contribution in [-0.2, 0) is 20.8 Å². The fourth-order valence-electron chi connectivity index (χ4n) is 1.40. The highest BCUT2D eigenvalue weighted by Crippen LogP contribution is 2.29. The van der Waals surface area contributed by atoms with E-state index in [0.717, 1.165) is 0 Å². The Kier molecular flexibility index (Phi) is 5.79. The Bertz CT molecular complexity index is 709. The smallest absolute Gasteiger partial charge is 0.252 e. The number of benzene rings is 1. The number of hydrogen-bond acceptors (Lipinski definition) is 4. The summed E-state index contributed by atoms with van der Waals surface area (Å²) in [5, 5.41) is 6.19. The third kappa shape index (κ3) is 4.43. The van der Waals surface area contributed by atoms with E-state index in [0.29, 0.717) is 6.07 Å². The van der Waals surface area contributed by atoms with E-state index < -0.39 is 53.8 Å². The zero-order valence-corrected chi connectivity index (χ0v) is 13.0. The predicted octanol–water partition coefficient (Wildman–Crippen LogP) is 0.374. The van der Waals surface area contributed by atoms with Crippen molar-refractivity contribution >= 4 is 38.3 Å². The van der Waals surface area contributed by atoms with Crippen LogP contribution in [0.1, 0.15) is 10.4 Å². The molecule has 1 rings (SSSR count). The van der Waals surface area contributed by atoms with Gasteiger partial charge in [0.05, 0.1) is 10.6 Å². The fourth-order valence-corrected chi connectivity index (χ4v) is 3.04. The van der Waals surface area contributed by atoms with E-state index >= 15 is 0 Å². The van der Waals surface area contributed by atoms with Crippen LogP contribution in [0.4, 0.5) is 8.78 Å². The summed E-state index contributed by atoms with van der Waals surface area (Å²) in [6, 6.07) is 0.463. The highest BCUT2D eigenvalue weighted by atomic mass is 35.5. The molecule has 21 heavy (non-hydrogen) atoms. The number of amides is 1. The Morgan fingerprint density at radius 3 is 2.52 bits per heavy atom. The number of halogens is 3. The Hall–Kier alpha value is -1.10. The van der Waals surface area contributed by atoms with E-state index in [-0.39, 0.29) is 12.3 Å². The topological polar surface area (TPSA) is 106 Å². The first kappa shape index (κ1) is 18.0. The summed E-state index contributed by atoms with van der Waals surface area (Å²) >= 11 is 5.62. The number of hydrogen-bond donors (Lipinski definition) is 2. The van der Waals surface area contributed by atoms with E-state index in [1.54, 1.807) is 0 Å². The third-order valence-electron chi connectivity index (χ3n) is 2.32. The number of nitrogens with one attached hydrogen (secondary N) is 1. The largest absolute Gasteiger partial charge is 0.351 e. The molecule has 0 aliphatic heterocycles. The summed E-state index contributed by atoms with van der Waals surface area (Å²) in [6.07, 6.45) is 1.41. The molecule has 0 bridgehead atoms. The number of carbonyl (C=O) groups excluding carboxylic acids is 1. The van der Waals surface area contributed by atoms with Crippen molar-refractivity contribution in [1.82, 2.24) is 5.32 Å². The molecule has 0 heterocycles. The second-order valence-electron chi connectivity index (χ2n) is 3.94. The molecule has 3 N–H and O–H groups in total. The standard InChI is InChI=1S/C10H11ClF2N2O4S2/c1-20(17)3-2-15-10(16)5-4-6(12)8(13)9(7(5)11)21(14,18)19/h4H,2-3H2,1H3,(H,15,16)(H2,14,18,19). The van der Waals surface area contributed by atoms with Crippen LogP contribution in [0.2, 0.25) is 5.02 Å². The minimum absolute atomic E-state index is 0.0119. The van der Waals surface area contributed by atoms with Crippen molar-refractivity contribution in [1.29, 1.82) is 0 Å². The first-order chi connectivity index (χ1) is 9.55. The second-order valence-corrected chi connectivity index (χ2v) is 7.37. The number of sulfonamides is 1. The van der Waals surface area contributed by atoms with E-state index in [2.05, 4.69) is 5.32 Å². The van der Waals surface area contributed by atoms with Crippen molar-refractivity contribution in [2.24, 2.45) is 5.14 Å². The molecule has 1 aromatic carbocycles. The Labute approximate surface area is 127 Å². The van der Waals surface area contributed by atoms with Crippen molar-refractivity contribution in [3.8, 4) is 0 Å². The minimum atomic E-state index is -4.65. The molecule has 0 saturated carbocycles. The van der Waals surface area contributed by atoms with Gasteiger partial charge in [-0.05, 0) is 6.07 Å². The quantitative estimate of drug-likeness (QED) is 0.740. The van der Waals surface area contributed by atoms with Crippen molar-refractivity contribution in [3.63, 3.8) is 0 Å². The molecule has 0 aliphatic rings. The summed E-state index contributed by atoms with van der Waals surface area (Å²) in [5.74, 6) is -4.13. The van der Waals surface area contributed by atoms with Gasteiger partial charge in [0.1, 0.15) is 4.90 Å². The first-order valence-electron chi connectivity index (χ1n) is 5.34. The van der Waals surface area contributed by atoms with Crippen molar-refractivity contribution in [2.45, 2.75) is 4.90 Å². The summed E-state index contributed by atoms with van der Waals surface area (Å²) in [6.45, 7) is -0.0119. The zero-order chi connectivity index (χ0) is 16.4. The first-order valence-corrected chi connectivity index (χ1v) is 8.99. The van der Waals surface area contributed by atoms with Gasteiger partial charge in [-0.15, -0.1) is 0 Å². The number of carbonyl (C=O) groups is 1. The molecule has 0 radical (unpaired) electrons. The Balaban J connectivity index is 3.24. The van der Waals surface area contributed by atoms with Crippen LogP contribution >= 0.6 is 11.6 Å². The Morgan fingerprint density at radius 1 is 1.48 bits per heavy atom. The van der Waals surface area contributed by atoms with Crippen LogP contribution in [0.5, 0.6) is 0 Å². The lowest BCUT2D eigenvalue weighted by atomic mass is 10.2. The third-order valence-corrected chi connectivity index (χ3v) is 4.56. The lowest BCUT2D eigenvalue weighted by Crippen LogP contribution is -2.28. The van der Waals surface area contributed by atoms with Gasteiger partial charge in [-0.2, -0.15) is 0 Å². The van der Waals surface area contributed by atoms with Crippen LogP contribution < -0.4 is 10.5 Å². The molecule has 1 atom stereocenters. The lowest BCUT2D eigenvalue weighted by molar-refractivity contribution is 0.0955. The van der Waals surface area contributed by atoms with Gasteiger partial charge in [0.25, 0.3) is 5.91 Å². The Morgan fingerprint density at radius 2 is 2.05 bits per heavy atom. The second kappa shape index (κ2) is 6.77. The molecular formula is C10H11ClF2N2O4S2. The maximum absolute atomic E-state index is 13.5. The highest BCUT2D eigenvalue weighted by Gasteiger charge is 2.27. The summed E-state index contributed by atoms with van der Waals surface area (Å²) in [5.41, 5.74) is -0.582. The fraction of sp³-hybridized carbons (Fsp3) is 0.300. The van der Waals surface area contributed by atoms with Crippen molar-refractivity contribution in [2.75, 3.05) is 18.6 Å². The van der Waals surface area contributed by atoms with Crippen LogP contribution in [0.3, 0.4) is 0 Å². The molecule has 6 nitrogen and oxygen atoms in total. The average Bonchev–Trinajstić information content (AvgIpc) is 2.31. The van der Waals surface area contributed by atoms with E-state index in [1.165, 1.54) is 6.26 Å². The van der Waals surface area contributed by atoms with Gasteiger partial charge in [0.15, 0.2) is 11.6 Å². The van der Waals surface area contributed by atoms with Gasteiger partial charge in [-0.1, -0.05) is 11.6 Å². The van der Waals surface area contributed by atoms with Gasteiger partial charge in [0.2, 0.25) is 10.0 Å². The van der Waals surface area contributed by atoms with Gasteiger partial charge in [-0.3, -0.25) is 9.00 Å². The molecule has 0 aromatic heterocycles. The molecule has 0 aliphatic carbocycles. The molecule has 11 heteroatoms. The molecule has 0 fully saturated rings. The normalized spacial score (nSPS) is 13.0. The van der Waals surface area contributed by atoms with Crippen LogP contribution in [0.15, 0.2) is 11.0 Å². The summed E-state index contributed by atoms with van der Waals surface area (Å²) in [7, 11) is -5.82. The number of rotatable bonds is 5.